The fourth-order valence-electron chi connectivity index (χ4n) is 3.97. The van der Waals surface area contributed by atoms with Gasteiger partial charge in [-0.25, -0.2) is 0 Å². The molecule has 0 aliphatic heterocycles. The maximum atomic E-state index is 12.9. The third kappa shape index (κ3) is 17.2. The lowest BCUT2D eigenvalue weighted by molar-refractivity contribution is -0.154. The number of carbonyl (C=O) groups is 2. The van der Waals surface area contributed by atoms with Crippen LogP contribution in [0.25, 0.3) is 0 Å². The van der Waals surface area contributed by atoms with Crippen molar-refractivity contribution in [1.82, 2.24) is 0 Å². The molecule has 41 heavy (non-hydrogen) atoms. The maximum Gasteiger partial charge on any atom is 0.306 e. The van der Waals surface area contributed by atoms with Gasteiger partial charge in [0.25, 0.3) is 0 Å². The summed E-state index contributed by atoms with van der Waals surface area (Å²) in [6, 6.07) is 0. The molecular weight excluding hydrogens is 545 g/mol. The van der Waals surface area contributed by atoms with Crippen LogP contribution in [0.5, 0.6) is 0 Å². The van der Waals surface area contributed by atoms with Crippen molar-refractivity contribution in [3.8, 4) is 0 Å². The molecule has 0 spiro atoms. The number of carbonyl (C=O) groups excluding carboxylic acids is 2. The van der Waals surface area contributed by atoms with Gasteiger partial charge >= 0.3 is 5.97 Å². The summed E-state index contributed by atoms with van der Waals surface area (Å²) in [5.41, 5.74) is -0.425. The van der Waals surface area contributed by atoms with Crippen LogP contribution in [0.3, 0.4) is 0 Å². The minimum absolute atomic E-state index is 0.0504. The molecule has 0 saturated carbocycles. The van der Waals surface area contributed by atoms with Crippen LogP contribution < -0.4 is 0 Å². The molecule has 0 aliphatic rings. The van der Waals surface area contributed by atoms with E-state index in [9.17, 15) is 9.59 Å². The van der Waals surface area contributed by atoms with Crippen molar-refractivity contribution in [3.63, 3.8) is 0 Å². The van der Waals surface area contributed by atoms with Crippen LogP contribution in [-0.4, -0.2) is 46.2 Å². The van der Waals surface area contributed by atoms with Crippen molar-refractivity contribution in [1.29, 1.82) is 0 Å². The zero-order chi connectivity index (χ0) is 32.1. The summed E-state index contributed by atoms with van der Waals surface area (Å²) in [4.78, 5) is 24.8. The molecule has 0 N–H and O–H groups in total. The van der Waals surface area contributed by atoms with E-state index < -0.39 is 22.2 Å². The molecule has 0 saturated heterocycles. The van der Waals surface area contributed by atoms with Crippen molar-refractivity contribution in [3.05, 3.63) is 12.2 Å². The van der Waals surface area contributed by atoms with Crippen molar-refractivity contribution < 1.29 is 23.2 Å². The lowest BCUT2D eigenvalue weighted by atomic mass is 10.0. The van der Waals surface area contributed by atoms with Crippen LogP contribution in [0, 0.1) is 0 Å². The van der Waals surface area contributed by atoms with Crippen LogP contribution in [0.2, 0.25) is 36.3 Å². The molecule has 5 nitrogen and oxygen atoms in total. The maximum absolute atomic E-state index is 12.9. The summed E-state index contributed by atoms with van der Waals surface area (Å²) in [6.07, 6.45) is 13.6. The van der Waals surface area contributed by atoms with Gasteiger partial charge in [-0.15, -0.1) is 0 Å². The molecule has 0 radical (unpaired) electrons. The zero-order valence-corrected chi connectivity index (χ0v) is 31.6. The van der Waals surface area contributed by atoms with Crippen LogP contribution in [0.15, 0.2) is 12.2 Å². The van der Waals surface area contributed by atoms with Gasteiger partial charge in [-0.2, -0.15) is 0 Å². The number of hydrogen-bond acceptors (Lipinski definition) is 5. The van der Waals surface area contributed by atoms with Crippen LogP contribution in [0.1, 0.15) is 140 Å². The van der Waals surface area contributed by atoms with Gasteiger partial charge in [0.1, 0.15) is 5.60 Å². The Morgan fingerprint density at radius 2 is 1.17 bits per heavy atom. The van der Waals surface area contributed by atoms with Gasteiger partial charge in [0.2, 0.25) is 0 Å². The third-order valence-electron chi connectivity index (χ3n) is 8.64. The molecule has 0 aromatic rings. The molecular formula is C34H68O5Si2. The molecule has 0 aliphatic carbocycles. The number of hydrogen-bond donors (Lipinski definition) is 0. The molecule has 0 aromatic carbocycles. The van der Waals surface area contributed by atoms with Crippen LogP contribution in [-0.2, 0) is 23.2 Å². The summed E-state index contributed by atoms with van der Waals surface area (Å²) in [5.74, 6) is 0.0278. The Balaban J connectivity index is 5.36. The summed E-state index contributed by atoms with van der Waals surface area (Å²) in [6.45, 7) is 30.7. The second-order valence-corrected chi connectivity index (χ2v) is 25.4. The van der Waals surface area contributed by atoms with Gasteiger partial charge in [0, 0.05) is 12.8 Å². The summed E-state index contributed by atoms with van der Waals surface area (Å²) in [5, 5.41) is 0.168. The second kappa shape index (κ2) is 17.5. The summed E-state index contributed by atoms with van der Waals surface area (Å²) in [7, 11) is -4.13. The summed E-state index contributed by atoms with van der Waals surface area (Å²) < 4.78 is 19.4. The quantitative estimate of drug-likeness (QED) is 0.0628. The van der Waals surface area contributed by atoms with E-state index in [1.165, 1.54) is 6.42 Å². The smallest absolute Gasteiger partial charge is 0.306 e. The number of ether oxygens (including phenoxy) is 1. The predicted molar refractivity (Wildman–Crippen MR) is 181 cm³/mol. The lowest BCUT2D eigenvalue weighted by Gasteiger charge is -2.44. The van der Waals surface area contributed by atoms with Crippen molar-refractivity contribution in [2.24, 2.45) is 0 Å². The summed E-state index contributed by atoms with van der Waals surface area (Å²) >= 11 is 0. The Hall–Kier alpha value is -0.766. The highest BCUT2D eigenvalue weighted by atomic mass is 28.4. The van der Waals surface area contributed by atoms with E-state index in [0.29, 0.717) is 12.8 Å². The van der Waals surface area contributed by atoms with Gasteiger partial charge < -0.3 is 13.6 Å². The normalized spacial score (nSPS) is 15.3. The zero-order valence-electron chi connectivity index (χ0n) is 29.6. The first-order valence-electron chi connectivity index (χ1n) is 16.3. The molecule has 242 valence electrons. The number of esters is 1. The standard InChI is InChI=1S/C34H68O5Si2/c1-15-16-20-24-29(38-40(11,12)33(5,6)7)30(39-41(13,14)34(8,9)10)27-26-28(35)23-21-18-17-19-22-25-31(36)37-32(2,3)4/h26-27,29-30H,15-25H2,1-14H3/t29-,30-/m0/s1. The largest absolute Gasteiger partial charge is 0.460 e. The van der Waals surface area contributed by atoms with E-state index in [-0.39, 0.29) is 34.0 Å². The van der Waals surface area contributed by atoms with E-state index in [4.69, 9.17) is 13.6 Å². The molecule has 0 aromatic heterocycles. The Labute approximate surface area is 257 Å². The molecule has 0 heterocycles. The Morgan fingerprint density at radius 3 is 1.66 bits per heavy atom. The molecule has 7 heteroatoms. The van der Waals surface area contributed by atoms with E-state index >= 15 is 0 Å². The average Bonchev–Trinajstić information content (AvgIpc) is 2.77. The first-order valence-corrected chi connectivity index (χ1v) is 22.1. The van der Waals surface area contributed by atoms with Crippen molar-refractivity contribution in [2.45, 2.75) is 194 Å². The predicted octanol–water partition coefficient (Wildman–Crippen LogP) is 10.5. The van der Waals surface area contributed by atoms with Crippen molar-refractivity contribution >= 4 is 28.4 Å². The van der Waals surface area contributed by atoms with E-state index in [2.05, 4.69) is 74.7 Å². The number of unbranched alkanes of at least 4 members (excludes halogenated alkanes) is 6. The van der Waals surface area contributed by atoms with Gasteiger partial charge in [0.05, 0.1) is 12.2 Å². The van der Waals surface area contributed by atoms with Gasteiger partial charge in [-0.1, -0.05) is 93.1 Å². The van der Waals surface area contributed by atoms with Crippen LogP contribution in [0.4, 0.5) is 0 Å². The minimum atomic E-state index is -2.10. The van der Waals surface area contributed by atoms with Crippen LogP contribution >= 0.6 is 0 Å². The van der Waals surface area contributed by atoms with E-state index in [1.54, 1.807) is 6.08 Å². The number of ketones is 1. The average molecular weight is 613 g/mol. The van der Waals surface area contributed by atoms with Gasteiger partial charge in [-0.3, -0.25) is 9.59 Å². The second-order valence-electron chi connectivity index (χ2n) is 15.9. The highest BCUT2D eigenvalue weighted by Crippen LogP contribution is 2.41. The minimum Gasteiger partial charge on any atom is -0.460 e. The fraction of sp³-hybridized carbons (Fsp3) is 0.882. The van der Waals surface area contributed by atoms with Gasteiger partial charge in [0.15, 0.2) is 22.4 Å². The highest BCUT2D eigenvalue weighted by molar-refractivity contribution is 6.74. The molecule has 0 amide bonds. The molecule has 0 bridgehead atoms. The Kier molecular flexibility index (Phi) is 17.2. The Bertz CT molecular complexity index is 797. The first-order chi connectivity index (χ1) is 18.5. The topological polar surface area (TPSA) is 61.8 Å². The molecule has 0 rings (SSSR count). The molecule has 0 fully saturated rings. The first kappa shape index (κ1) is 40.2. The SMILES string of the molecule is CCCCC[C@H](O[Si](C)(C)C(C)(C)C)[C@H](C=CC(=O)CCCCCCCC(=O)OC(C)(C)C)O[Si](C)(C)C(C)(C)C. The monoisotopic (exact) mass is 612 g/mol. The number of allylic oxidation sites excluding steroid dienone is 1. The fourth-order valence-corrected chi connectivity index (χ4v) is 6.60. The Morgan fingerprint density at radius 1 is 0.683 bits per heavy atom. The molecule has 2 atom stereocenters. The third-order valence-corrected chi connectivity index (χ3v) is 17.6. The van der Waals surface area contributed by atoms with E-state index in [1.807, 2.05) is 26.8 Å². The number of rotatable bonds is 19. The van der Waals surface area contributed by atoms with Crippen molar-refractivity contribution in [2.75, 3.05) is 0 Å². The van der Waals surface area contributed by atoms with E-state index in [0.717, 1.165) is 51.4 Å². The highest BCUT2D eigenvalue weighted by Gasteiger charge is 2.44. The van der Waals surface area contributed by atoms with Gasteiger partial charge in [-0.05, 0) is 82.4 Å². The molecule has 0 unspecified atom stereocenters. The lowest BCUT2D eigenvalue weighted by Crippen LogP contribution is -2.51.